The molecule has 3 aromatic rings. The number of aromatic nitrogens is 4. The molecule has 0 atom stereocenters. The van der Waals surface area contributed by atoms with Gasteiger partial charge in [-0.15, -0.1) is 10.2 Å². The molecule has 0 N–H and O–H groups in total. The highest BCUT2D eigenvalue weighted by molar-refractivity contribution is 7.15. The normalized spacial score (nSPS) is 11.4. The molecule has 3 aromatic heterocycles. The molecule has 7 nitrogen and oxygen atoms in total. The predicted molar refractivity (Wildman–Crippen MR) is 88.0 cm³/mol. The van der Waals surface area contributed by atoms with Crippen molar-refractivity contribution < 1.29 is 9.32 Å². The highest BCUT2D eigenvalue weighted by Gasteiger charge is 2.25. The van der Waals surface area contributed by atoms with Crippen molar-refractivity contribution in [1.29, 1.82) is 0 Å². The van der Waals surface area contributed by atoms with E-state index in [1.807, 2.05) is 27.7 Å². The van der Waals surface area contributed by atoms with E-state index in [9.17, 15) is 4.79 Å². The molecule has 0 aliphatic rings. The van der Waals surface area contributed by atoms with Crippen LogP contribution in [-0.2, 0) is 0 Å². The van der Waals surface area contributed by atoms with Crippen LogP contribution in [0.25, 0.3) is 11.1 Å². The lowest BCUT2D eigenvalue weighted by molar-refractivity contribution is 0.0994. The van der Waals surface area contributed by atoms with E-state index in [1.54, 1.807) is 13.1 Å². The van der Waals surface area contributed by atoms with Gasteiger partial charge in [-0.05, 0) is 25.8 Å². The second-order valence-corrected chi connectivity index (χ2v) is 6.84. The third-order valence-electron chi connectivity index (χ3n) is 3.49. The van der Waals surface area contributed by atoms with Crippen LogP contribution in [0, 0.1) is 13.8 Å². The zero-order valence-corrected chi connectivity index (χ0v) is 14.4. The van der Waals surface area contributed by atoms with Crippen molar-refractivity contribution in [3.63, 3.8) is 0 Å². The van der Waals surface area contributed by atoms with Crippen molar-refractivity contribution in [1.82, 2.24) is 20.3 Å². The van der Waals surface area contributed by atoms with Crippen molar-refractivity contribution in [2.75, 3.05) is 11.9 Å². The maximum atomic E-state index is 13.0. The lowest BCUT2D eigenvalue weighted by atomic mass is 10.0. The van der Waals surface area contributed by atoms with Crippen LogP contribution in [0.2, 0.25) is 0 Å². The van der Waals surface area contributed by atoms with Crippen LogP contribution >= 0.6 is 11.3 Å². The van der Waals surface area contributed by atoms with Crippen LogP contribution in [-0.4, -0.2) is 33.3 Å². The summed E-state index contributed by atoms with van der Waals surface area (Å²) in [6, 6.07) is 1.76. The highest BCUT2D eigenvalue weighted by atomic mass is 32.1. The van der Waals surface area contributed by atoms with Gasteiger partial charge in [0.2, 0.25) is 5.13 Å². The number of carbonyl (C=O) groups excluding carboxylic acids is 1. The van der Waals surface area contributed by atoms with Gasteiger partial charge in [0.15, 0.2) is 0 Å². The number of hydrogen-bond acceptors (Lipinski definition) is 7. The van der Waals surface area contributed by atoms with Crippen LogP contribution in [0.5, 0.6) is 0 Å². The van der Waals surface area contributed by atoms with E-state index in [0.29, 0.717) is 27.5 Å². The Bertz CT molecular complexity index is 883. The molecule has 0 aliphatic carbocycles. The molecular formula is C15H17N5O2S. The van der Waals surface area contributed by atoms with Crippen LogP contribution < -0.4 is 4.90 Å². The average molecular weight is 331 g/mol. The van der Waals surface area contributed by atoms with Crippen molar-refractivity contribution in [3.05, 3.63) is 28.0 Å². The summed E-state index contributed by atoms with van der Waals surface area (Å²) in [7, 11) is 1.69. The fraction of sp³-hybridized carbons (Fsp3) is 0.400. The molecular weight excluding hydrogens is 314 g/mol. The average Bonchev–Trinajstić information content (AvgIpc) is 3.11. The lowest BCUT2D eigenvalue weighted by Gasteiger charge is -2.14. The summed E-state index contributed by atoms with van der Waals surface area (Å²) in [6.45, 7) is 7.68. The number of aryl methyl sites for hydroxylation is 2. The summed E-state index contributed by atoms with van der Waals surface area (Å²) in [5.74, 6) is -0.0527. The van der Waals surface area contributed by atoms with E-state index in [4.69, 9.17) is 4.52 Å². The van der Waals surface area contributed by atoms with Crippen molar-refractivity contribution in [2.24, 2.45) is 0 Å². The first kappa shape index (κ1) is 15.5. The Balaban J connectivity index is 2.14. The van der Waals surface area contributed by atoms with E-state index >= 15 is 0 Å². The van der Waals surface area contributed by atoms with E-state index in [1.165, 1.54) is 16.2 Å². The fourth-order valence-electron chi connectivity index (χ4n) is 2.35. The molecule has 0 saturated carbocycles. The number of nitrogens with zero attached hydrogens (tertiary/aromatic N) is 5. The Labute approximate surface area is 137 Å². The zero-order valence-electron chi connectivity index (χ0n) is 13.6. The quantitative estimate of drug-likeness (QED) is 0.733. The Morgan fingerprint density at radius 3 is 2.65 bits per heavy atom. The van der Waals surface area contributed by atoms with Crippen LogP contribution in [0.4, 0.5) is 5.13 Å². The second kappa shape index (κ2) is 5.69. The molecule has 0 aromatic carbocycles. The minimum absolute atomic E-state index is 0.126. The van der Waals surface area contributed by atoms with Crippen molar-refractivity contribution in [2.45, 2.75) is 33.6 Å². The Morgan fingerprint density at radius 2 is 2.04 bits per heavy atom. The van der Waals surface area contributed by atoms with Gasteiger partial charge in [-0.2, -0.15) is 0 Å². The van der Waals surface area contributed by atoms with Gasteiger partial charge in [0.1, 0.15) is 5.01 Å². The maximum absolute atomic E-state index is 13.0. The summed E-state index contributed by atoms with van der Waals surface area (Å²) in [5.41, 5.74) is 2.35. The van der Waals surface area contributed by atoms with Crippen LogP contribution in [0.3, 0.4) is 0 Å². The number of amides is 1. The number of hydrogen-bond donors (Lipinski definition) is 0. The summed E-state index contributed by atoms with van der Waals surface area (Å²) in [6.07, 6.45) is 0. The molecule has 0 fully saturated rings. The fourth-order valence-corrected chi connectivity index (χ4v) is 3.00. The van der Waals surface area contributed by atoms with Gasteiger partial charge < -0.3 is 4.52 Å². The first-order valence-electron chi connectivity index (χ1n) is 7.23. The lowest BCUT2D eigenvalue weighted by Crippen LogP contribution is -2.26. The molecule has 23 heavy (non-hydrogen) atoms. The molecule has 0 spiro atoms. The Hall–Kier alpha value is -2.35. The van der Waals surface area contributed by atoms with Crippen molar-refractivity contribution >= 4 is 33.5 Å². The molecule has 120 valence electrons. The molecule has 3 rings (SSSR count). The van der Waals surface area contributed by atoms with Gasteiger partial charge >= 0.3 is 0 Å². The maximum Gasteiger partial charge on any atom is 0.260 e. The molecule has 0 saturated heterocycles. The standard InChI is InChI=1S/C15H17N5O2S/c1-7(2)12-11-10(6-8(3)16-13(11)22-19-12)14(21)20(5)15-18-17-9(4)23-15/h6-7H,1-5H3. The molecule has 3 heterocycles. The largest absolute Gasteiger partial charge is 0.335 e. The van der Waals surface area contributed by atoms with Crippen LogP contribution in [0.1, 0.15) is 46.5 Å². The topological polar surface area (TPSA) is 85.0 Å². The third kappa shape index (κ3) is 2.70. The van der Waals surface area contributed by atoms with E-state index < -0.39 is 0 Å². The Morgan fingerprint density at radius 1 is 1.30 bits per heavy atom. The summed E-state index contributed by atoms with van der Waals surface area (Å²) in [5, 5.41) is 14.1. The predicted octanol–water partition coefficient (Wildman–Crippen LogP) is 3.09. The third-order valence-corrected chi connectivity index (χ3v) is 4.40. The van der Waals surface area contributed by atoms with E-state index in [2.05, 4.69) is 20.3 Å². The zero-order chi connectivity index (χ0) is 16.7. The SMILES string of the molecule is Cc1cc(C(=O)N(C)c2nnc(C)s2)c2c(C(C)C)noc2n1. The van der Waals surface area contributed by atoms with E-state index in [0.717, 1.165) is 10.7 Å². The van der Waals surface area contributed by atoms with Crippen molar-refractivity contribution in [3.8, 4) is 0 Å². The molecule has 0 radical (unpaired) electrons. The summed E-state index contributed by atoms with van der Waals surface area (Å²) >= 11 is 1.37. The van der Waals surface area contributed by atoms with E-state index in [-0.39, 0.29) is 11.8 Å². The minimum atomic E-state index is -0.179. The number of anilines is 1. The first-order valence-corrected chi connectivity index (χ1v) is 8.05. The van der Waals surface area contributed by atoms with Gasteiger partial charge in [-0.1, -0.05) is 30.3 Å². The van der Waals surface area contributed by atoms with Gasteiger partial charge in [-0.25, -0.2) is 4.98 Å². The number of carbonyl (C=O) groups is 1. The molecule has 0 aliphatic heterocycles. The first-order chi connectivity index (χ1) is 10.9. The Kier molecular flexibility index (Phi) is 3.85. The molecule has 0 bridgehead atoms. The monoisotopic (exact) mass is 331 g/mol. The van der Waals surface area contributed by atoms with Gasteiger partial charge in [0.25, 0.3) is 11.6 Å². The number of rotatable bonds is 3. The molecule has 0 unspecified atom stereocenters. The molecule has 1 amide bonds. The van der Waals surface area contributed by atoms with Gasteiger partial charge in [-0.3, -0.25) is 9.69 Å². The second-order valence-electron chi connectivity index (χ2n) is 5.68. The number of fused-ring (bicyclic) bond motifs is 1. The highest BCUT2D eigenvalue weighted by Crippen LogP contribution is 2.29. The van der Waals surface area contributed by atoms with Gasteiger partial charge in [0.05, 0.1) is 16.6 Å². The minimum Gasteiger partial charge on any atom is -0.335 e. The summed E-state index contributed by atoms with van der Waals surface area (Å²) in [4.78, 5) is 18.8. The number of pyridine rings is 1. The van der Waals surface area contributed by atoms with Gasteiger partial charge in [0, 0.05) is 12.7 Å². The van der Waals surface area contributed by atoms with Crippen LogP contribution in [0.15, 0.2) is 10.6 Å². The summed E-state index contributed by atoms with van der Waals surface area (Å²) < 4.78 is 5.31. The smallest absolute Gasteiger partial charge is 0.260 e. The molecule has 8 heteroatoms.